The first-order valence-corrected chi connectivity index (χ1v) is 7.70. The van der Waals surface area contributed by atoms with Crippen molar-refractivity contribution in [2.75, 3.05) is 13.1 Å². The number of carbonyl (C=O) groups excluding carboxylic acids is 1. The van der Waals surface area contributed by atoms with E-state index in [4.69, 9.17) is 0 Å². The van der Waals surface area contributed by atoms with E-state index in [1.165, 1.54) is 38.8 Å². The summed E-state index contributed by atoms with van der Waals surface area (Å²) in [4.78, 5) is 15.2. The monoisotopic (exact) mass is 245 g/mol. The topological polar surface area (TPSA) is 20.3 Å². The molecule has 0 radical (unpaired) electrons. The van der Waals surface area contributed by atoms with E-state index in [0.717, 1.165) is 18.8 Å². The molecule has 0 N–H and O–H groups in total. The number of carbonyl (C=O) groups is 1. The first kappa shape index (κ1) is 11.2. The van der Waals surface area contributed by atoms with Crippen LogP contribution in [0, 0.1) is 17.8 Å². The van der Waals surface area contributed by atoms with Crippen molar-refractivity contribution in [3.05, 3.63) is 11.6 Å². The van der Waals surface area contributed by atoms with Gasteiger partial charge in [-0.05, 0) is 56.1 Å². The number of rotatable bonds is 0. The maximum atomic E-state index is 12.5. The van der Waals surface area contributed by atoms with Crippen LogP contribution in [-0.4, -0.2) is 29.3 Å². The van der Waals surface area contributed by atoms with Crippen LogP contribution in [0.3, 0.4) is 0 Å². The molecule has 0 aromatic rings. The number of piperidine rings is 1. The van der Waals surface area contributed by atoms with Gasteiger partial charge in [-0.25, -0.2) is 0 Å². The van der Waals surface area contributed by atoms with Crippen molar-refractivity contribution < 1.29 is 4.79 Å². The summed E-state index contributed by atoms with van der Waals surface area (Å²) in [5.41, 5.74) is 1.85. The number of hydrogen-bond donors (Lipinski definition) is 0. The van der Waals surface area contributed by atoms with E-state index in [1.54, 1.807) is 5.57 Å². The summed E-state index contributed by atoms with van der Waals surface area (Å²) in [5.74, 6) is 2.28. The predicted octanol–water partition coefficient (Wildman–Crippen LogP) is 2.79. The van der Waals surface area contributed by atoms with Crippen LogP contribution in [0.5, 0.6) is 0 Å². The van der Waals surface area contributed by atoms with Crippen LogP contribution < -0.4 is 0 Å². The molecule has 2 heterocycles. The molecule has 0 aromatic carbocycles. The Balaban J connectivity index is 1.88. The van der Waals surface area contributed by atoms with E-state index in [1.807, 2.05) is 0 Å². The molecule has 3 fully saturated rings. The Kier molecular flexibility index (Phi) is 2.30. The van der Waals surface area contributed by atoms with Gasteiger partial charge in [0.05, 0.1) is 5.54 Å². The van der Waals surface area contributed by atoms with Gasteiger partial charge in [0.25, 0.3) is 0 Å². The van der Waals surface area contributed by atoms with Gasteiger partial charge in [0.1, 0.15) is 5.78 Å². The quantitative estimate of drug-likeness (QED) is 0.612. The van der Waals surface area contributed by atoms with Gasteiger partial charge in [0, 0.05) is 18.9 Å². The average Bonchev–Trinajstić information content (AvgIpc) is 2.33. The van der Waals surface area contributed by atoms with Gasteiger partial charge in [-0.3, -0.25) is 9.69 Å². The normalized spacial score (nSPS) is 47.5. The van der Waals surface area contributed by atoms with Gasteiger partial charge in [-0.15, -0.1) is 0 Å². The largest absolute Gasteiger partial charge is 0.299 e. The lowest BCUT2D eigenvalue weighted by Gasteiger charge is -2.62. The third-order valence-electron chi connectivity index (χ3n) is 5.95. The summed E-state index contributed by atoms with van der Waals surface area (Å²) >= 11 is 0. The highest BCUT2D eigenvalue weighted by Crippen LogP contribution is 2.57. The van der Waals surface area contributed by atoms with Gasteiger partial charge in [0.2, 0.25) is 0 Å². The predicted molar refractivity (Wildman–Crippen MR) is 71.2 cm³/mol. The summed E-state index contributed by atoms with van der Waals surface area (Å²) in [6.07, 6.45) is 9.43. The Morgan fingerprint density at radius 1 is 1.39 bits per heavy atom. The fraction of sp³-hybridized carbons (Fsp3) is 0.812. The fourth-order valence-corrected chi connectivity index (χ4v) is 5.53. The van der Waals surface area contributed by atoms with Crippen LogP contribution in [0.4, 0.5) is 0 Å². The molecule has 2 saturated carbocycles. The minimum atomic E-state index is 0.175. The van der Waals surface area contributed by atoms with Gasteiger partial charge in [-0.2, -0.15) is 0 Å². The first-order chi connectivity index (χ1) is 8.72. The molecule has 2 heteroatoms. The van der Waals surface area contributed by atoms with Gasteiger partial charge >= 0.3 is 0 Å². The maximum absolute atomic E-state index is 12.5. The Morgan fingerprint density at radius 2 is 2.28 bits per heavy atom. The molecule has 2 aliphatic heterocycles. The Morgan fingerprint density at radius 3 is 3.17 bits per heavy atom. The highest BCUT2D eigenvalue weighted by molar-refractivity contribution is 5.86. The van der Waals surface area contributed by atoms with Gasteiger partial charge < -0.3 is 0 Å². The molecule has 4 aliphatic rings. The van der Waals surface area contributed by atoms with Crippen LogP contribution in [-0.2, 0) is 4.79 Å². The number of ketones is 1. The lowest BCUT2D eigenvalue weighted by Crippen LogP contribution is -2.67. The highest BCUT2D eigenvalue weighted by atomic mass is 16.1. The van der Waals surface area contributed by atoms with Crippen LogP contribution in [0.15, 0.2) is 11.6 Å². The molecule has 1 spiro atoms. The van der Waals surface area contributed by atoms with Gasteiger partial charge in [0.15, 0.2) is 0 Å². The smallest absolute Gasteiger partial charge is 0.138 e. The third kappa shape index (κ3) is 1.25. The molecule has 2 bridgehead atoms. The molecule has 2 aliphatic carbocycles. The van der Waals surface area contributed by atoms with Crippen molar-refractivity contribution in [1.82, 2.24) is 4.90 Å². The molecule has 0 amide bonds. The minimum absolute atomic E-state index is 0.175. The summed E-state index contributed by atoms with van der Waals surface area (Å²) in [5, 5.41) is 0. The van der Waals surface area contributed by atoms with Crippen molar-refractivity contribution in [3.63, 3.8) is 0 Å². The maximum Gasteiger partial charge on any atom is 0.138 e. The van der Waals surface area contributed by atoms with E-state index in [0.29, 0.717) is 17.6 Å². The van der Waals surface area contributed by atoms with Crippen LogP contribution in [0.1, 0.15) is 45.4 Å². The number of hydrogen-bond acceptors (Lipinski definition) is 2. The van der Waals surface area contributed by atoms with Crippen molar-refractivity contribution in [1.29, 1.82) is 0 Å². The second-order valence-corrected chi connectivity index (χ2v) is 6.97. The van der Waals surface area contributed by atoms with Crippen LogP contribution in [0.2, 0.25) is 0 Å². The van der Waals surface area contributed by atoms with Crippen LogP contribution >= 0.6 is 0 Å². The average molecular weight is 245 g/mol. The van der Waals surface area contributed by atoms with Crippen molar-refractivity contribution in [2.24, 2.45) is 17.8 Å². The zero-order valence-electron chi connectivity index (χ0n) is 11.3. The summed E-state index contributed by atoms with van der Waals surface area (Å²) in [6.45, 7) is 4.81. The van der Waals surface area contributed by atoms with Crippen LogP contribution in [0.25, 0.3) is 0 Å². The summed E-state index contributed by atoms with van der Waals surface area (Å²) in [6, 6.07) is 0. The van der Waals surface area contributed by atoms with Crippen molar-refractivity contribution >= 4 is 5.78 Å². The van der Waals surface area contributed by atoms with E-state index in [2.05, 4.69) is 17.9 Å². The Bertz CT molecular complexity index is 427. The molecule has 0 aromatic heterocycles. The van der Waals surface area contributed by atoms with Crippen molar-refractivity contribution in [2.45, 2.75) is 51.0 Å². The second-order valence-electron chi connectivity index (χ2n) is 6.97. The van der Waals surface area contributed by atoms with E-state index < -0.39 is 0 Å². The lowest BCUT2D eigenvalue weighted by atomic mass is 9.52. The number of nitrogens with zero attached hydrogens (tertiary/aromatic N) is 1. The first-order valence-electron chi connectivity index (χ1n) is 7.70. The minimum Gasteiger partial charge on any atom is -0.299 e. The molecule has 1 saturated heterocycles. The van der Waals surface area contributed by atoms with Gasteiger partial charge in [-0.1, -0.05) is 13.0 Å². The van der Waals surface area contributed by atoms with E-state index in [-0.39, 0.29) is 5.54 Å². The van der Waals surface area contributed by atoms with E-state index in [9.17, 15) is 4.79 Å². The molecular weight excluding hydrogens is 222 g/mol. The molecule has 2 nitrogen and oxygen atoms in total. The molecule has 4 rings (SSSR count). The summed E-state index contributed by atoms with van der Waals surface area (Å²) in [7, 11) is 0. The molecule has 0 unspecified atom stereocenters. The summed E-state index contributed by atoms with van der Waals surface area (Å²) < 4.78 is 0. The third-order valence-corrected chi connectivity index (χ3v) is 5.95. The highest BCUT2D eigenvalue weighted by Gasteiger charge is 2.59. The standard InChI is InChI=1S/C16H23NO/c1-11-8-12-9-15(18)14-5-3-7-17-6-2-4-13(12)16(14,17)10-11/h4,11-12,14H,2-3,5-10H2,1H3/t11-,12-,14+,16+/m1/s1. The molecule has 98 valence electrons. The fourth-order valence-electron chi connectivity index (χ4n) is 5.53. The molecule has 4 atom stereocenters. The lowest BCUT2D eigenvalue weighted by molar-refractivity contribution is -0.139. The Labute approximate surface area is 109 Å². The second kappa shape index (κ2) is 3.69. The molecule has 18 heavy (non-hydrogen) atoms. The zero-order valence-corrected chi connectivity index (χ0v) is 11.3. The SMILES string of the molecule is C[C@@H]1C[C@@H]2CC(=O)[C@@H]3CCCN4CCC=C2[C@@]34C1. The zero-order chi connectivity index (χ0) is 12.3. The van der Waals surface area contributed by atoms with E-state index >= 15 is 0 Å². The Hall–Kier alpha value is -0.630. The molecular formula is C16H23NO. The van der Waals surface area contributed by atoms with Crippen molar-refractivity contribution in [3.8, 4) is 0 Å². The number of Topliss-reactive ketones (excluding diaryl/α,β-unsaturated/α-hetero) is 1.